The Hall–Kier alpha value is -3.09. The molecule has 2 N–H and O–H groups in total. The number of nitrogens with zero attached hydrogens (tertiary/aromatic N) is 2. The summed E-state index contributed by atoms with van der Waals surface area (Å²) in [7, 11) is 0. The lowest BCUT2D eigenvalue weighted by atomic mass is 9.97. The van der Waals surface area contributed by atoms with Crippen molar-refractivity contribution in [2.24, 2.45) is 5.92 Å². The maximum Gasteiger partial charge on any atom is 0.410 e. The molecule has 3 rings (SSSR count). The van der Waals surface area contributed by atoms with E-state index in [9.17, 15) is 9.59 Å². The summed E-state index contributed by atoms with van der Waals surface area (Å²) in [6.45, 7) is 5.17. The minimum atomic E-state index is -0.272. The average molecular weight is 441 g/mol. The summed E-state index contributed by atoms with van der Waals surface area (Å²) in [5, 5.41) is 6.27. The quantitative estimate of drug-likeness (QED) is 0.552. The first-order valence-corrected chi connectivity index (χ1v) is 11.1. The second-order valence-corrected chi connectivity index (χ2v) is 7.89. The maximum absolute atomic E-state index is 12.5. The molecule has 2 aromatic rings. The molecule has 7 heteroatoms. The number of ether oxygens (including phenoxy) is 1. The molecule has 174 valence electrons. The summed E-state index contributed by atoms with van der Waals surface area (Å²) < 4.78 is 5.41. The number of anilines is 1. The van der Waals surface area contributed by atoms with Gasteiger partial charge in [-0.05, 0) is 42.9 Å². The van der Waals surface area contributed by atoms with Crippen LogP contribution in [-0.4, -0.2) is 48.1 Å². The number of hydrogen-bond acceptors (Lipinski definition) is 5. The van der Waals surface area contributed by atoms with Crippen molar-refractivity contribution in [1.29, 1.82) is 0 Å². The fourth-order valence-electron chi connectivity index (χ4n) is 3.53. The number of nitrogens with one attached hydrogen (secondary N) is 2. The van der Waals surface area contributed by atoms with E-state index in [0.717, 1.165) is 43.6 Å². The van der Waals surface area contributed by atoms with Gasteiger partial charge < -0.3 is 20.3 Å². The van der Waals surface area contributed by atoms with Crippen LogP contribution in [-0.2, 0) is 11.3 Å². The second kappa shape index (κ2) is 13.3. The van der Waals surface area contributed by atoms with Crippen molar-refractivity contribution in [3.63, 3.8) is 0 Å². The molecule has 0 saturated carbocycles. The summed E-state index contributed by atoms with van der Waals surface area (Å²) in [5.41, 5.74) is 1.59. The van der Waals surface area contributed by atoms with Crippen LogP contribution in [0.2, 0.25) is 0 Å². The number of unbranched alkanes of at least 4 members (excludes halogenated alkanes) is 1. The fourth-order valence-corrected chi connectivity index (χ4v) is 3.53. The fraction of sp³-hybridized carbons (Fsp3) is 0.480. The van der Waals surface area contributed by atoms with Gasteiger partial charge in [0.05, 0.1) is 0 Å². The number of pyridine rings is 1. The maximum atomic E-state index is 12.5. The first-order chi connectivity index (χ1) is 15.2. The molecule has 7 nitrogen and oxygen atoms in total. The number of benzene rings is 1. The number of piperidine rings is 1. The summed E-state index contributed by atoms with van der Waals surface area (Å²) in [4.78, 5) is 30.8. The van der Waals surface area contributed by atoms with E-state index < -0.39 is 0 Å². The first-order valence-electron chi connectivity index (χ1n) is 11.1. The van der Waals surface area contributed by atoms with E-state index in [-0.39, 0.29) is 26.0 Å². The van der Waals surface area contributed by atoms with Gasteiger partial charge in [0.25, 0.3) is 5.91 Å². The lowest BCUT2D eigenvalue weighted by Crippen LogP contribution is -2.41. The third kappa shape index (κ3) is 7.87. The Labute approximate surface area is 191 Å². The third-order valence-corrected chi connectivity index (χ3v) is 5.49. The van der Waals surface area contributed by atoms with Crippen molar-refractivity contribution in [3.8, 4) is 0 Å². The molecule has 2 amide bonds. The van der Waals surface area contributed by atoms with E-state index in [1.54, 1.807) is 23.2 Å². The van der Waals surface area contributed by atoms with Crippen molar-refractivity contribution < 1.29 is 14.3 Å². The van der Waals surface area contributed by atoms with Gasteiger partial charge in [0, 0.05) is 37.9 Å². The predicted molar refractivity (Wildman–Crippen MR) is 128 cm³/mol. The predicted octanol–water partition coefficient (Wildman–Crippen LogP) is 4.71. The minimum Gasteiger partial charge on any atom is -0.445 e. The number of hydrogen-bond donors (Lipinski definition) is 2. The number of aromatic nitrogens is 1. The largest absolute Gasteiger partial charge is 0.445 e. The van der Waals surface area contributed by atoms with Crippen LogP contribution in [0.25, 0.3) is 0 Å². The molecular formula is C25H36N4O3. The lowest BCUT2D eigenvalue weighted by Gasteiger charge is -2.31. The molecule has 0 radical (unpaired) electrons. The highest BCUT2D eigenvalue weighted by atomic mass is 16.6. The number of carbonyl (C=O) groups excluding carboxylic acids is 2. The molecule has 32 heavy (non-hydrogen) atoms. The third-order valence-electron chi connectivity index (χ3n) is 5.49. The Morgan fingerprint density at radius 3 is 2.62 bits per heavy atom. The van der Waals surface area contributed by atoms with Gasteiger partial charge in [-0.2, -0.15) is 0 Å². The van der Waals surface area contributed by atoms with Crippen molar-refractivity contribution in [1.82, 2.24) is 15.2 Å². The molecule has 1 aromatic heterocycles. The normalized spacial score (nSPS) is 13.7. The van der Waals surface area contributed by atoms with Crippen molar-refractivity contribution >= 4 is 17.8 Å². The van der Waals surface area contributed by atoms with Crippen LogP contribution in [0.5, 0.6) is 0 Å². The van der Waals surface area contributed by atoms with E-state index in [2.05, 4.69) is 22.5 Å². The Morgan fingerprint density at radius 2 is 1.91 bits per heavy atom. The number of carbonyl (C=O) groups is 2. The van der Waals surface area contributed by atoms with Crippen LogP contribution in [0.1, 0.15) is 56.0 Å². The molecule has 1 aromatic carbocycles. The number of amides is 2. The molecule has 0 spiro atoms. The van der Waals surface area contributed by atoms with E-state index in [1.165, 1.54) is 0 Å². The van der Waals surface area contributed by atoms with E-state index in [4.69, 9.17) is 4.74 Å². The van der Waals surface area contributed by atoms with Gasteiger partial charge in [-0.3, -0.25) is 4.79 Å². The molecule has 2 heterocycles. The molecule has 1 aliphatic rings. The van der Waals surface area contributed by atoms with E-state index in [1.807, 2.05) is 30.3 Å². The summed E-state index contributed by atoms with van der Waals surface area (Å²) in [5.74, 6) is 0.986. The lowest BCUT2D eigenvalue weighted by molar-refractivity contribution is 0.0801. The highest BCUT2D eigenvalue weighted by molar-refractivity contribution is 5.94. The van der Waals surface area contributed by atoms with Gasteiger partial charge in [0.2, 0.25) is 0 Å². The Bertz CT molecular complexity index is 836. The molecular weight excluding hydrogens is 404 g/mol. The molecule has 0 atom stereocenters. The van der Waals surface area contributed by atoms with Crippen LogP contribution in [0, 0.1) is 5.92 Å². The van der Waals surface area contributed by atoms with Crippen LogP contribution in [0.4, 0.5) is 10.6 Å². The molecule has 1 saturated heterocycles. The Kier molecular flexibility index (Phi) is 10.5. The van der Waals surface area contributed by atoms with Gasteiger partial charge in [-0.1, -0.05) is 51.1 Å². The van der Waals surface area contributed by atoms with Crippen LogP contribution < -0.4 is 10.6 Å². The Balaban J connectivity index is 0.00000363. The summed E-state index contributed by atoms with van der Waals surface area (Å²) >= 11 is 0. The second-order valence-electron chi connectivity index (χ2n) is 7.89. The van der Waals surface area contributed by atoms with Crippen molar-refractivity contribution in [2.45, 2.75) is 46.6 Å². The number of likely N-dealkylation sites (tertiary alicyclic amines) is 1. The van der Waals surface area contributed by atoms with Crippen LogP contribution in [0.15, 0.2) is 48.7 Å². The molecule has 0 aliphatic carbocycles. The molecule has 1 aliphatic heterocycles. The SMILES string of the molecule is C.CCCCNc1cc(C(=O)NCC2CCN(C(=O)OCc3ccccc3)CC2)ccn1. The van der Waals surface area contributed by atoms with Crippen molar-refractivity contribution in [2.75, 3.05) is 31.5 Å². The average Bonchev–Trinajstić information content (AvgIpc) is 2.82. The zero-order chi connectivity index (χ0) is 21.9. The number of rotatable bonds is 9. The highest BCUT2D eigenvalue weighted by Gasteiger charge is 2.24. The topological polar surface area (TPSA) is 83.6 Å². The van der Waals surface area contributed by atoms with Gasteiger partial charge in [0.15, 0.2) is 0 Å². The summed E-state index contributed by atoms with van der Waals surface area (Å²) in [6, 6.07) is 13.2. The zero-order valence-electron chi connectivity index (χ0n) is 18.2. The first kappa shape index (κ1) is 25.2. The van der Waals surface area contributed by atoms with Gasteiger partial charge in [0.1, 0.15) is 12.4 Å². The molecule has 0 bridgehead atoms. The van der Waals surface area contributed by atoms with Crippen LogP contribution in [0.3, 0.4) is 0 Å². The van der Waals surface area contributed by atoms with Crippen molar-refractivity contribution in [3.05, 3.63) is 59.8 Å². The zero-order valence-corrected chi connectivity index (χ0v) is 18.2. The van der Waals surface area contributed by atoms with E-state index >= 15 is 0 Å². The van der Waals surface area contributed by atoms with Gasteiger partial charge in [-0.25, -0.2) is 9.78 Å². The monoisotopic (exact) mass is 440 g/mol. The smallest absolute Gasteiger partial charge is 0.410 e. The Morgan fingerprint density at radius 1 is 1.16 bits per heavy atom. The standard InChI is InChI=1S/C24H32N4O3.CH4/c1-2-3-12-25-22-16-21(9-13-26-22)23(29)27-17-19-10-14-28(15-11-19)24(30)31-18-20-7-5-4-6-8-20;/h4-9,13,16,19H,2-3,10-12,14-15,17-18H2,1H3,(H,25,26)(H,27,29);1H4. The van der Waals surface area contributed by atoms with Gasteiger partial charge in [-0.15, -0.1) is 0 Å². The van der Waals surface area contributed by atoms with Gasteiger partial charge >= 0.3 is 6.09 Å². The van der Waals surface area contributed by atoms with Crippen LogP contribution >= 0.6 is 0 Å². The molecule has 1 fully saturated rings. The minimum absolute atomic E-state index is 0. The summed E-state index contributed by atoms with van der Waals surface area (Å²) in [6.07, 6.45) is 5.25. The molecule has 0 unspecified atom stereocenters. The van der Waals surface area contributed by atoms with E-state index in [0.29, 0.717) is 31.1 Å². The highest BCUT2D eigenvalue weighted by Crippen LogP contribution is 2.18.